The highest BCUT2D eigenvalue weighted by Gasteiger charge is 2.63. The maximum absolute atomic E-state index is 6.64. The third-order valence-corrected chi connectivity index (χ3v) is 7.33. The first-order valence-electron chi connectivity index (χ1n) is 11.0. The molecule has 0 radical (unpaired) electrons. The van der Waals surface area contributed by atoms with Crippen LogP contribution in [0, 0.1) is 11.8 Å². The van der Waals surface area contributed by atoms with Gasteiger partial charge in [0.25, 0.3) is 0 Å². The molecule has 3 aliphatic heterocycles. The number of hydrogen-bond acceptors (Lipinski definition) is 7. The van der Waals surface area contributed by atoms with Crippen LogP contribution in [0.2, 0.25) is 0 Å². The summed E-state index contributed by atoms with van der Waals surface area (Å²) in [6, 6.07) is 10.2. The van der Waals surface area contributed by atoms with Gasteiger partial charge in [-0.15, -0.1) is 10.2 Å². The molecule has 8 nitrogen and oxygen atoms in total. The van der Waals surface area contributed by atoms with Gasteiger partial charge in [-0.05, 0) is 57.3 Å². The van der Waals surface area contributed by atoms with Crippen molar-refractivity contribution in [3.8, 4) is 17.0 Å². The Bertz CT molecular complexity index is 1110. The van der Waals surface area contributed by atoms with E-state index in [9.17, 15) is 0 Å². The molecule has 31 heavy (non-hydrogen) atoms. The van der Waals surface area contributed by atoms with Gasteiger partial charge in [0, 0.05) is 37.0 Å². The van der Waals surface area contributed by atoms with Crippen LogP contribution in [-0.2, 0) is 4.74 Å². The third-order valence-electron chi connectivity index (χ3n) is 7.33. The maximum Gasteiger partial charge on any atom is 0.200 e. The normalized spacial score (nSPS) is 29.3. The zero-order chi connectivity index (χ0) is 21.2. The Labute approximate surface area is 181 Å². The number of nitrogens with zero attached hydrogens (tertiary/aromatic N) is 6. The molecule has 6 rings (SSSR count). The second kappa shape index (κ2) is 6.90. The van der Waals surface area contributed by atoms with E-state index in [2.05, 4.69) is 40.2 Å². The van der Waals surface area contributed by atoms with Crippen molar-refractivity contribution >= 4 is 11.3 Å². The van der Waals surface area contributed by atoms with Gasteiger partial charge < -0.3 is 19.3 Å². The molecule has 0 amide bonds. The van der Waals surface area contributed by atoms with Gasteiger partial charge in [-0.25, -0.2) is 0 Å². The molecule has 0 aliphatic carbocycles. The van der Waals surface area contributed by atoms with E-state index >= 15 is 0 Å². The number of fused-ring (bicyclic) bond motifs is 2. The number of benzene rings is 1. The van der Waals surface area contributed by atoms with Crippen LogP contribution in [0.4, 0.5) is 5.69 Å². The minimum atomic E-state index is -0.0219. The molecule has 1 aromatic carbocycles. The van der Waals surface area contributed by atoms with Gasteiger partial charge >= 0.3 is 0 Å². The van der Waals surface area contributed by atoms with Crippen molar-refractivity contribution in [2.24, 2.45) is 11.8 Å². The lowest BCUT2D eigenvalue weighted by atomic mass is 9.73. The van der Waals surface area contributed by atoms with Gasteiger partial charge in [0.1, 0.15) is 12.1 Å². The molecular weight excluding hydrogens is 392 g/mol. The van der Waals surface area contributed by atoms with Gasteiger partial charge in [0.2, 0.25) is 5.65 Å². The predicted octanol–water partition coefficient (Wildman–Crippen LogP) is 2.35. The molecule has 3 aromatic rings. The average Bonchev–Trinajstić information content (AvgIpc) is 3.54. The van der Waals surface area contributed by atoms with Crippen LogP contribution in [0.15, 0.2) is 36.7 Å². The van der Waals surface area contributed by atoms with Gasteiger partial charge in [-0.2, -0.15) is 9.61 Å². The van der Waals surface area contributed by atoms with Crippen LogP contribution < -0.4 is 9.64 Å². The summed E-state index contributed by atoms with van der Waals surface area (Å²) in [6.45, 7) is 2.98. The molecule has 0 N–H and O–H groups in total. The van der Waals surface area contributed by atoms with Crippen molar-refractivity contribution in [1.29, 1.82) is 0 Å². The molecule has 3 saturated heterocycles. The minimum Gasteiger partial charge on any atom is -0.497 e. The Morgan fingerprint density at radius 1 is 1.26 bits per heavy atom. The quantitative estimate of drug-likeness (QED) is 0.628. The predicted molar refractivity (Wildman–Crippen MR) is 117 cm³/mol. The first kappa shape index (κ1) is 19.0. The second-order valence-electron chi connectivity index (χ2n) is 9.42. The largest absolute Gasteiger partial charge is 0.497 e. The molecule has 0 unspecified atom stereocenters. The molecule has 3 aliphatic rings. The number of methoxy groups -OCH3 is 1. The lowest BCUT2D eigenvalue weighted by molar-refractivity contribution is 0.0137. The molecule has 1 spiro atoms. The molecule has 3 fully saturated rings. The monoisotopic (exact) mass is 420 g/mol. The van der Waals surface area contributed by atoms with Gasteiger partial charge in [0.05, 0.1) is 30.2 Å². The van der Waals surface area contributed by atoms with Crippen molar-refractivity contribution < 1.29 is 9.47 Å². The maximum atomic E-state index is 6.64. The fourth-order valence-corrected chi connectivity index (χ4v) is 5.99. The standard InChI is InChI=1S/C23H28N6O2/c1-27(2)11-17-18-12-28(13-23(18)9-8-21(17)31-23)20-10-19(26-29-14-24-25-22(20)29)15-4-6-16(30-3)7-5-15/h4-7,10,14,17-18,21H,8-9,11-13H2,1-3H3/t17-,18+,21+,23+/m1/s1. The zero-order valence-electron chi connectivity index (χ0n) is 18.2. The summed E-state index contributed by atoms with van der Waals surface area (Å²) in [5, 5.41) is 13.3. The van der Waals surface area contributed by atoms with Gasteiger partial charge in [-0.3, -0.25) is 0 Å². The minimum absolute atomic E-state index is 0.0219. The molecule has 5 heterocycles. The van der Waals surface area contributed by atoms with E-state index in [4.69, 9.17) is 14.6 Å². The van der Waals surface area contributed by atoms with Crippen LogP contribution in [0.3, 0.4) is 0 Å². The summed E-state index contributed by atoms with van der Waals surface area (Å²) >= 11 is 0. The first-order chi connectivity index (χ1) is 15.1. The molecule has 2 bridgehead atoms. The fourth-order valence-electron chi connectivity index (χ4n) is 5.99. The molecule has 0 saturated carbocycles. The SMILES string of the molecule is COc1ccc(-c2cc(N3C[C@H]4[C@@H](CN(C)C)[C@@H]5CC[C@@]4(C3)O5)c3nncn3n2)cc1. The molecule has 162 valence electrons. The molecule has 8 heteroatoms. The van der Waals surface area contributed by atoms with Crippen LogP contribution in [0.5, 0.6) is 5.75 Å². The van der Waals surface area contributed by atoms with Crippen molar-refractivity contribution in [1.82, 2.24) is 24.7 Å². The third kappa shape index (κ3) is 2.92. The highest BCUT2D eigenvalue weighted by molar-refractivity contribution is 5.75. The van der Waals surface area contributed by atoms with Crippen molar-refractivity contribution in [3.63, 3.8) is 0 Å². The number of anilines is 1. The average molecular weight is 421 g/mol. The number of ether oxygens (including phenoxy) is 2. The Balaban J connectivity index is 1.37. The van der Waals surface area contributed by atoms with E-state index in [1.165, 1.54) is 6.42 Å². The van der Waals surface area contributed by atoms with E-state index in [1.54, 1.807) is 18.0 Å². The second-order valence-corrected chi connectivity index (χ2v) is 9.42. The Hall–Kier alpha value is -2.71. The van der Waals surface area contributed by atoms with Crippen molar-refractivity contribution in [2.45, 2.75) is 24.5 Å². The Kier molecular flexibility index (Phi) is 4.23. The zero-order valence-corrected chi connectivity index (χ0v) is 18.2. The number of aromatic nitrogens is 4. The van der Waals surface area contributed by atoms with Gasteiger partial charge in [-0.1, -0.05) is 0 Å². The van der Waals surface area contributed by atoms with E-state index in [0.29, 0.717) is 17.9 Å². The summed E-state index contributed by atoms with van der Waals surface area (Å²) in [5.74, 6) is 1.97. The molecular formula is C23H28N6O2. The molecule has 4 atom stereocenters. The number of hydrogen-bond donors (Lipinski definition) is 0. The highest BCUT2D eigenvalue weighted by Crippen LogP contribution is 2.55. The molecule has 2 aromatic heterocycles. The number of rotatable bonds is 5. The van der Waals surface area contributed by atoms with E-state index < -0.39 is 0 Å². The summed E-state index contributed by atoms with van der Waals surface area (Å²) in [7, 11) is 6.00. The van der Waals surface area contributed by atoms with Crippen LogP contribution in [0.25, 0.3) is 16.9 Å². The van der Waals surface area contributed by atoms with Crippen molar-refractivity contribution in [3.05, 3.63) is 36.7 Å². The van der Waals surface area contributed by atoms with E-state index in [-0.39, 0.29) is 5.60 Å². The van der Waals surface area contributed by atoms with Crippen LogP contribution >= 0.6 is 0 Å². The lowest BCUT2D eigenvalue weighted by Crippen LogP contribution is -2.40. The van der Waals surface area contributed by atoms with Crippen LogP contribution in [-0.4, -0.2) is 77.3 Å². The summed E-state index contributed by atoms with van der Waals surface area (Å²) in [5.41, 5.74) is 3.80. The smallest absolute Gasteiger partial charge is 0.200 e. The summed E-state index contributed by atoms with van der Waals surface area (Å²) < 4.78 is 13.7. The van der Waals surface area contributed by atoms with Crippen molar-refractivity contribution in [2.75, 3.05) is 45.7 Å². The first-order valence-corrected chi connectivity index (χ1v) is 11.0. The Morgan fingerprint density at radius 3 is 2.87 bits per heavy atom. The summed E-state index contributed by atoms with van der Waals surface area (Å²) in [6.07, 6.45) is 4.42. The van der Waals surface area contributed by atoms with E-state index in [0.717, 1.165) is 54.4 Å². The lowest BCUT2D eigenvalue weighted by Gasteiger charge is -2.30. The van der Waals surface area contributed by atoms with E-state index in [1.807, 2.05) is 24.3 Å². The summed E-state index contributed by atoms with van der Waals surface area (Å²) in [4.78, 5) is 4.75. The Morgan fingerprint density at radius 2 is 2.10 bits per heavy atom. The van der Waals surface area contributed by atoms with Crippen LogP contribution in [0.1, 0.15) is 12.8 Å². The fraction of sp³-hybridized carbons (Fsp3) is 0.522. The highest BCUT2D eigenvalue weighted by atomic mass is 16.5. The van der Waals surface area contributed by atoms with Gasteiger partial charge in [0.15, 0.2) is 0 Å². The topological polar surface area (TPSA) is 68.0 Å².